The second-order valence-electron chi connectivity index (χ2n) is 14.2. The van der Waals surface area contributed by atoms with Crippen molar-refractivity contribution in [1.82, 2.24) is 4.90 Å². The van der Waals surface area contributed by atoms with Crippen molar-refractivity contribution in [1.29, 1.82) is 0 Å². The quantitative estimate of drug-likeness (QED) is 0.0290. The van der Waals surface area contributed by atoms with Crippen LogP contribution in [0.4, 0.5) is 0 Å². The summed E-state index contributed by atoms with van der Waals surface area (Å²) in [6.45, 7) is 7.42. The third kappa shape index (κ3) is 32.4. The van der Waals surface area contributed by atoms with Gasteiger partial charge in [-0.25, -0.2) is 0 Å². The molecule has 7 nitrogen and oxygen atoms in total. The molecular formula is C41H75NO6. The molecule has 0 aromatic heterocycles. The summed E-state index contributed by atoms with van der Waals surface area (Å²) >= 11 is 0. The van der Waals surface area contributed by atoms with Gasteiger partial charge in [-0.1, -0.05) is 109 Å². The average Bonchev–Trinajstić information content (AvgIpc) is 3.06. The molecule has 0 saturated heterocycles. The van der Waals surface area contributed by atoms with Crippen LogP contribution in [0.2, 0.25) is 0 Å². The zero-order chi connectivity index (χ0) is 35.6. The smallest absolute Gasteiger partial charge is 0.305 e. The molecule has 0 heterocycles. The number of rotatable bonds is 34. The van der Waals surface area contributed by atoms with Crippen LogP contribution in [0.3, 0.4) is 0 Å². The molecule has 0 aliphatic carbocycles. The van der Waals surface area contributed by atoms with Crippen molar-refractivity contribution in [3.05, 3.63) is 24.3 Å². The minimum absolute atomic E-state index is 0.0455. The summed E-state index contributed by atoms with van der Waals surface area (Å²) < 4.78 is 16.9. The fraction of sp³-hybridized carbons (Fsp3) is 0.829. The highest BCUT2D eigenvalue weighted by Gasteiger charge is 2.30. The maximum atomic E-state index is 12.6. The first-order valence-electron chi connectivity index (χ1n) is 19.6. The Balaban J connectivity index is 4.51. The lowest BCUT2D eigenvalue weighted by atomic mass is 9.94. The van der Waals surface area contributed by atoms with Gasteiger partial charge in [-0.15, -0.1) is 0 Å². The fourth-order valence-corrected chi connectivity index (χ4v) is 5.22. The summed E-state index contributed by atoms with van der Waals surface area (Å²) in [6, 6.07) is 0. The number of carbonyl (C=O) groups excluding carboxylic acids is 3. The van der Waals surface area contributed by atoms with Crippen molar-refractivity contribution in [2.75, 3.05) is 40.5 Å². The molecule has 0 N–H and O–H groups in total. The number of ether oxygens (including phenoxy) is 3. The normalized spacial score (nSPS) is 12.0. The van der Waals surface area contributed by atoms with E-state index >= 15 is 0 Å². The number of hydrogen-bond donors (Lipinski definition) is 0. The standard InChI is InChI=1S/C41H75NO6/c1-6-8-10-12-14-16-18-20-22-24-27-31-38(43)46-35-41(3,37-48-40(45)33-29-26-30-34-42(4)5)36-47-39(44)32-28-25-23-21-19-17-15-13-11-9-7-2/h12-15H,6-11,16-37H2,1-5H3/b14-12-,15-13-. The Morgan fingerprint density at radius 1 is 0.479 bits per heavy atom. The van der Waals surface area contributed by atoms with E-state index in [0.29, 0.717) is 19.3 Å². The van der Waals surface area contributed by atoms with E-state index in [1.54, 1.807) is 0 Å². The second kappa shape index (κ2) is 33.4. The first-order valence-corrected chi connectivity index (χ1v) is 19.6. The molecule has 0 unspecified atom stereocenters. The van der Waals surface area contributed by atoms with Gasteiger partial charge >= 0.3 is 17.9 Å². The van der Waals surface area contributed by atoms with Gasteiger partial charge < -0.3 is 19.1 Å². The molecule has 0 aliphatic rings. The van der Waals surface area contributed by atoms with E-state index in [1.165, 1.54) is 64.2 Å². The van der Waals surface area contributed by atoms with Gasteiger partial charge in [-0.2, -0.15) is 0 Å². The molecule has 0 rings (SSSR count). The van der Waals surface area contributed by atoms with Gasteiger partial charge in [0.25, 0.3) is 0 Å². The summed E-state index contributed by atoms with van der Waals surface area (Å²) in [7, 11) is 4.08. The van der Waals surface area contributed by atoms with Crippen LogP contribution in [0.1, 0.15) is 175 Å². The van der Waals surface area contributed by atoms with Crippen molar-refractivity contribution in [2.45, 2.75) is 175 Å². The lowest BCUT2D eigenvalue weighted by molar-refractivity contribution is -0.160. The fourth-order valence-electron chi connectivity index (χ4n) is 5.22. The molecular weight excluding hydrogens is 602 g/mol. The van der Waals surface area contributed by atoms with Crippen molar-refractivity contribution < 1.29 is 28.6 Å². The lowest BCUT2D eigenvalue weighted by Crippen LogP contribution is -2.37. The van der Waals surface area contributed by atoms with Crippen LogP contribution < -0.4 is 0 Å². The van der Waals surface area contributed by atoms with E-state index in [2.05, 4.69) is 43.1 Å². The van der Waals surface area contributed by atoms with Crippen LogP contribution in [-0.2, 0) is 28.6 Å². The largest absolute Gasteiger partial charge is 0.465 e. The predicted molar refractivity (Wildman–Crippen MR) is 200 cm³/mol. The SMILES string of the molecule is CCCC/C=C\CCCCCCCC(=O)OCC(C)(COC(=O)CCCCCCC/C=C\CCCC)COC(=O)CCCCCN(C)C. The number of unbranched alkanes of at least 4 members (excludes halogenated alkanes) is 16. The molecule has 0 aromatic rings. The van der Waals surface area contributed by atoms with Gasteiger partial charge in [-0.05, 0) is 91.8 Å². The van der Waals surface area contributed by atoms with Crippen molar-refractivity contribution in [3.63, 3.8) is 0 Å². The van der Waals surface area contributed by atoms with Gasteiger partial charge in [0.05, 0.1) is 5.41 Å². The Labute approximate surface area is 296 Å². The monoisotopic (exact) mass is 678 g/mol. The first-order chi connectivity index (χ1) is 23.2. The van der Waals surface area contributed by atoms with E-state index in [1.807, 2.05) is 21.0 Å². The van der Waals surface area contributed by atoms with Gasteiger partial charge in [0.2, 0.25) is 0 Å². The van der Waals surface area contributed by atoms with E-state index in [-0.39, 0.29) is 37.7 Å². The Kier molecular flexibility index (Phi) is 31.9. The Bertz CT molecular complexity index is 789. The summed E-state index contributed by atoms with van der Waals surface area (Å²) in [5, 5.41) is 0. The molecule has 0 spiro atoms. The van der Waals surface area contributed by atoms with Crippen LogP contribution in [-0.4, -0.2) is 63.3 Å². The van der Waals surface area contributed by atoms with Gasteiger partial charge in [0, 0.05) is 19.3 Å². The van der Waals surface area contributed by atoms with E-state index < -0.39 is 5.41 Å². The third-order valence-corrected chi connectivity index (χ3v) is 8.52. The molecule has 0 radical (unpaired) electrons. The van der Waals surface area contributed by atoms with Crippen LogP contribution >= 0.6 is 0 Å². The van der Waals surface area contributed by atoms with Crippen molar-refractivity contribution >= 4 is 17.9 Å². The molecule has 0 saturated carbocycles. The minimum atomic E-state index is -0.790. The molecule has 0 fully saturated rings. The molecule has 0 aromatic carbocycles. The Morgan fingerprint density at radius 2 is 0.792 bits per heavy atom. The number of carbonyl (C=O) groups is 3. The maximum absolute atomic E-state index is 12.6. The highest BCUT2D eigenvalue weighted by molar-refractivity contribution is 5.70. The molecule has 0 aliphatic heterocycles. The summed E-state index contributed by atoms with van der Waals surface area (Å²) in [5.74, 6) is -0.776. The number of allylic oxidation sites excluding steroid dienone is 4. The second-order valence-corrected chi connectivity index (χ2v) is 14.2. The molecule has 0 amide bonds. The summed E-state index contributed by atoms with van der Waals surface area (Å²) in [5.41, 5.74) is -0.790. The van der Waals surface area contributed by atoms with Crippen LogP contribution in [0, 0.1) is 5.41 Å². The highest BCUT2D eigenvalue weighted by atomic mass is 16.6. The van der Waals surface area contributed by atoms with E-state index in [4.69, 9.17) is 14.2 Å². The zero-order valence-electron chi connectivity index (χ0n) is 32.0. The first kappa shape index (κ1) is 45.9. The van der Waals surface area contributed by atoms with E-state index in [0.717, 1.165) is 77.2 Å². The van der Waals surface area contributed by atoms with E-state index in [9.17, 15) is 14.4 Å². The molecule has 48 heavy (non-hydrogen) atoms. The third-order valence-electron chi connectivity index (χ3n) is 8.52. The maximum Gasteiger partial charge on any atom is 0.305 e. The molecule has 0 bridgehead atoms. The average molecular weight is 678 g/mol. The van der Waals surface area contributed by atoms with Crippen molar-refractivity contribution in [3.8, 4) is 0 Å². The van der Waals surface area contributed by atoms with Gasteiger partial charge in [0.15, 0.2) is 0 Å². The van der Waals surface area contributed by atoms with Crippen LogP contribution in [0.15, 0.2) is 24.3 Å². The number of nitrogens with zero attached hydrogens (tertiary/aromatic N) is 1. The van der Waals surface area contributed by atoms with Crippen LogP contribution in [0.25, 0.3) is 0 Å². The number of esters is 3. The highest BCUT2D eigenvalue weighted by Crippen LogP contribution is 2.21. The minimum Gasteiger partial charge on any atom is -0.465 e. The van der Waals surface area contributed by atoms with Crippen molar-refractivity contribution in [2.24, 2.45) is 5.41 Å². The lowest BCUT2D eigenvalue weighted by Gasteiger charge is -2.28. The van der Waals surface area contributed by atoms with Crippen LogP contribution in [0.5, 0.6) is 0 Å². The zero-order valence-corrected chi connectivity index (χ0v) is 32.0. The number of hydrogen-bond acceptors (Lipinski definition) is 7. The Hall–Kier alpha value is -2.15. The molecule has 280 valence electrons. The summed E-state index contributed by atoms with van der Waals surface area (Å²) in [4.78, 5) is 39.7. The molecule has 7 heteroatoms. The Morgan fingerprint density at radius 3 is 1.15 bits per heavy atom. The predicted octanol–water partition coefficient (Wildman–Crippen LogP) is 10.7. The van der Waals surface area contributed by atoms with Gasteiger partial charge in [-0.3, -0.25) is 14.4 Å². The molecule has 0 atom stereocenters. The summed E-state index contributed by atoms with van der Waals surface area (Å²) in [6.07, 6.45) is 33.2. The topological polar surface area (TPSA) is 82.1 Å². The van der Waals surface area contributed by atoms with Gasteiger partial charge in [0.1, 0.15) is 19.8 Å².